The summed E-state index contributed by atoms with van der Waals surface area (Å²) >= 11 is 1.80. The van der Waals surface area contributed by atoms with Gasteiger partial charge in [0.15, 0.2) is 0 Å². The Kier molecular flexibility index (Phi) is 4.74. The molecule has 3 rings (SSSR count). The molecule has 1 aromatic carbocycles. The average Bonchev–Trinajstić information content (AvgIpc) is 3.12. The van der Waals surface area contributed by atoms with Gasteiger partial charge < -0.3 is 15.5 Å². The Hall–Kier alpha value is -1.78. The molecule has 0 bridgehead atoms. The second kappa shape index (κ2) is 6.77. The van der Waals surface area contributed by atoms with Crippen molar-refractivity contribution in [1.82, 2.24) is 4.98 Å². The normalized spacial score (nSPS) is 11.3. The van der Waals surface area contributed by atoms with Crippen LogP contribution in [0.15, 0.2) is 23.6 Å². The molecule has 0 unspecified atom stereocenters. The smallest absolute Gasteiger partial charge is 0.119 e. The Morgan fingerprint density at radius 3 is 2.65 bits per heavy atom. The van der Waals surface area contributed by atoms with Crippen LogP contribution in [0.2, 0.25) is 0 Å². The summed E-state index contributed by atoms with van der Waals surface area (Å²) in [5.74, 6) is 0.919. The van der Waals surface area contributed by atoms with Crippen molar-refractivity contribution in [3.63, 3.8) is 0 Å². The number of unbranched alkanes of at least 4 members (excludes halogenated alkanes) is 1. The Morgan fingerprint density at radius 1 is 1.17 bits per heavy atom. The summed E-state index contributed by atoms with van der Waals surface area (Å²) in [5.41, 5.74) is 12.1. The zero-order chi connectivity index (χ0) is 16.4. The van der Waals surface area contributed by atoms with Crippen molar-refractivity contribution >= 4 is 22.2 Å². The van der Waals surface area contributed by atoms with E-state index in [-0.39, 0.29) is 0 Å². The van der Waals surface area contributed by atoms with Crippen molar-refractivity contribution in [1.29, 1.82) is 0 Å². The molecule has 0 amide bonds. The molecule has 0 saturated heterocycles. The number of thiophene rings is 1. The monoisotopic (exact) mass is 328 g/mol. The molecule has 0 aliphatic carbocycles. The molecule has 4 heteroatoms. The standard InChI is InChI=1S/C19H24N2OS/c1-12-8-17(23-11-12)19-15(6-4-5-7-20)16-10-14(22-3)9-13(2)18(16)21-19/h8-11,21H,4-7,20H2,1-3H3. The van der Waals surface area contributed by atoms with E-state index >= 15 is 0 Å². The lowest BCUT2D eigenvalue weighted by Crippen LogP contribution is -1.99. The Bertz CT molecular complexity index is 816. The fraction of sp³-hybridized carbons (Fsp3) is 0.368. The summed E-state index contributed by atoms with van der Waals surface area (Å²) in [6, 6.07) is 6.50. The van der Waals surface area contributed by atoms with E-state index in [0.29, 0.717) is 0 Å². The molecule has 122 valence electrons. The summed E-state index contributed by atoms with van der Waals surface area (Å²) in [6.45, 7) is 5.03. The highest BCUT2D eigenvalue weighted by molar-refractivity contribution is 7.13. The predicted octanol–water partition coefficient (Wildman–Crippen LogP) is 4.80. The first kappa shape index (κ1) is 16.1. The van der Waals surface area contributed by atoms with Crippen LogP contribution < -0.4 is 10.5 Å². The number of nitrogens with one attached hydrogen (secondary N) is 1. The van der Waals surface area contributed by atoms with Gasteiger partial charge in [-0.2, -0.15) is 0 Å². The minimum Gasteiger partial charge on any atom is -0.497 e. The number of hydrogen-bond donors (Lipinski definition) is 2. The Balaban J connectivity index is 2.17. The number of benzene rings is 1. The van der Waals surface area contributed by atoms with Gasteiger partial charge in [0.05, 0.1) is 17.7 Å². The van der Waals surface area contributed by atoms with E-state index in [9.17, 15) is 0 Å². The molecule has 0 spiro atoms. The highest BCUT2D eigenvalue weighted by atomic mass is 32.1. The first-order chi connectivity index (χ1) is 11.1. The average molecular weight is 328 g/mol. The predicted molar refractivity (Wildman–Crippen MR) is 99.6 cm³/mol. The Labute approximate surface area is 141 Å². The largest absolute Gasteiger partial charge is 0.497 e. The van der Waals surface area contributed by atoms with E-state index in [1.807, 2.05) is 0 Å². The lowest BCUT2D eigenvalue weighted by atomic mass is 10.0. The fourth-order valence-corrected chi connectivity index (χ4v) is 4.02. The molecular weight excluding hydrogens is 304 g/mol. The van der Waals surface area contributed by atoms with Crippen molar-refractivity contribution in [3.05, 3.63) is 40.3 Å². The van der Waals surface area contributed by atoms with Crippen molar-refractivity contribution < 1.29 is 4.74 Å². The van der Waals surface area contributed by atoms with Crippen LogP contribution in [0.3, 0.4) is 0 Å². The Morgan fingerprint density at radius 2 is 2.00 bits per heavy atom. The second-order valence-corrected chi connectivity index (χ2v) is 6.99. The molecule has 0 saturated carbocycles. The number of rotatable bonds is 6. The quantitative estimate of drug-likeness (QED) is 0.638. The molecule has 0 aliphatic heterocycles. The number of methoxy groups -OCH3 is 1. The van der Waals surface area contributed by atoms with Crippen molar-refractivity contribution in [2.45, 2.75) is 33.1 Å². The zero-order valence-electron chi connectivity index (χ0n) is 14.0. The minimum atomic E-state index is 0.748. The van der Waals surface area contributed by atoms with Crippen LogP contribution in [-0.2, 0) is 6.42 Å². The summed E-state index contributed by atoms with van der Waals surface area (Å²) < 4.78 is 5.47. The number of aromatic amines is 1. The maximum absolute atomic E-state index is 5.68. The van der Waals surface area contributed by atoms with Gasteiger partial charge in [-0.25, -0.2) is 0 Å². The molecule has 23 heavy (non-hydrogen) atoms. The van der Waals surface area contributed by atoms with Crippen LogP contribution in [0.25, 0.3) is 21.5 Å². The lowest BCUT2D eigenvalue weighted by molar-refractivity contribution is 0.415. The number of aryl methyl sites for hydroxylation is 3. The third kappa shape index (κ3) is 3.14. The molecule has 3 aromatic rings. The maximum atomic E-state index is 5.68. The van der Waals surface area contributed by atoms with E-state index in [4.69, 9.17) is 10.5 Å². The van der Waals surface area contributed by atoms with Crippen molar-refractivity contribution in [2.24, 2.45) is 5.73 Å². The van der Waals surface area contributed by atoms with Crippen LogP contribution in [0.5, 0.6) is 5.75 Å². The van der Waals surface area contributed by atoms with E-state index in [1.165, 1.54) is 38.2 Å². The third-order valence-corrected chi connectivity index (χ3v) is 5.35. The molecule has 2 aromatic heterocycles. The molecule has 3 N–H and O–H groups in total. The molecule has 2 heterocycles. The van der Waals surface area contributed by atoms with E-state index in [1.54, 1.807) is 18.4 Å². The van der Waals surface area contributed by atoms with Gasteiger partial charge >= 0.3 is 0 Å². The topological polar surface area (TPSA) is 51.0 Å². The molecule has 0 atom stereocenters. The van der Waals surface area contributed by atoms with Crippen LogP contribution in [-0.4, -0.2) is 18.6 Å². The molecule has 3 nitrogen and oxygen atoms in total. The van der Waals surface area contributed by atoms with E-state index in [2.05, 4.69) is 42.4 Å². The summed E-state index contributed by atoms with van der Waals surface area (Å²) in [4.78, 5) is 4.97. The van der Waals surface area contributed by atoms with Gasteiger partial charge in [-0.1, -0.05) is 0 Å². The van der Waals surface area contributed by atoms with E-state index in [0.717, 1.165) is 31.6 Å². The molecular formula is C19H24N2OS. The summed E-state index contributed by atoms with van der Waals surface area (Å²) in [6.07, 6.45) is 3.20. The van der Waals surface area contributed by atoms with E-state index < -0.39 is 0 Å². The van der Waals surface area contributed by atoms with Gasteiger partial charge in [0.2, 0.25) is 0 Å². The number of fused-ring (bicyclic) bond motifs is 1. The van der Waals surface area contributed by atoms with Crippen LogP contribution >= 0.6 is 11.3 Å². The summed E-state index contributed by atoms with van der Waals surface area (Å²) in [7, 11) is 1.73. The van der Waals surface area contributed by atoms with Crippen LogP contribution in [0, 0.1) is 13.8 Å². The van der Waals surface area contributed by atoms with Crippen LogP contribution in [0.4, 0.5) is 0 Å². The van der Waals surface area contributed by atoms with Gasteiger partial charge in [-0.3, -0.25) is 0 Å². The van der Waals surface area contributed by atoms with Crippen LogP contribution in [0.1, 0.15) is 29.5 Å². The number of H-pyrrole nitrogens is 1. The fourth-order valence-electron chi connectivity index (χ4n) is 3.09. The number of nitrogens with two attached hydrogens (primary N) is 1. The highest BCUT2D eigenvalue weighted by Gasteiger charge is 2.16. The third-order valence-electron chi connectivity index (χ3n) is 4.28. The molecule has 0 fully saturated rings. The summed E-state index contributed by atoms with van der Waals surface area (Å²) in [5, 5.41) is 3.48. The van der Waals surface area contributed by atoms with Gasteiger partial charge in [-0.15, -0.1) is 11.3 Å². The number of aromatic nitrogens is 1. The maximum Gasteiger partial charge on any atom is 0.119 e. The lowest BCUT2D eigenvalue weighted by Gasteiger charge is -2.05. The van der Waals surface area contributed by atoms with Crippen molar-refractivity contribution in [2.75, 3.05) is 13.7 Å². The van der Waals surface area contributed by atoms with Gasteiger partial charge in [0.1, 0.15) is 5.75 Å². The first-order valence-corrected chi connectivity index (χ1v) is 8.96. The molecule has 0 aliphatic rings. The number of ether oxygens (including phenoxy) is 1. The highest BCUT2D eigenvalue weighted by Crippen LogP contribution is 2.37. The number of hydrogen-bond acceptors (Lipinski definition) is 3. The SMILES string of the molecule is COc1cc(C)c2[nH]c(-c3cc(C)cs3)c(CCCCN)c2c1. The second-order valence-electron chi connectivity index (χ2n) is 6.08. The van der Waals surface area contributed by atoms with Gasteiger partial charge in [0.25, 0.3) is 0 Å². The zero-order valence-corrected chi connectivity index (χ0v) is 14.8. The van der Waals surface area contributed by atoms with Crippen molar-refractivity contribution in [3.8, 4) is 16.3 Å². The molecule has 0 radical (unpaired) electrons. The van der Waals surface area contributed by atoms with Gasteiger partial charge in [-0.05, 0) is 79.9 Å². The van der Waals surface area contributed by atoms with Gasteiger partial charge in [0, 0.05) is 10.9 Å². The first-order valence-electron chi connectivity index (χ1n) is 8.08. The minimum absolute atomic E-state index is 0.748.